The van der Waals surface area contributed by atoms with Crippen LogP contribution >= 0.6 is 0 Å². The van der Waals surface area contributed by atoms with E-state index in [4.69, 9.17) is 19.0 Å². The molecule has 1 aliphatic carbocycles. The lowest BCUT2D eigenvalue weighted by atomic mass is 9.78. The number of hydrogen-bond donors (Lipinski definition) is 1. The zero-order valence-electron chi connectivity index (χ0n) is 19.1. The number of carboxylic acids is 1. The summed E-state index contributed by atoms with van der Waals surface area (Å²) in [6.45, 7) is 5.15. The largest absolute Gasteiger partial charge is 0.491 e. The van der Waals surface area contributed by atoms with Gasteiger partial charge in [0, 0.05) is 31.7 Å². The van der Waals surface area contributed by atoms with Gasteiger partial charge in [-0.2, -0.15) is 0 Å². The lowest BCUT2D eigenvalue weighted by Gasteiger charge is -2.48. The van der Waals surface area contributed by atoms with Crippen molar-refractivity contribution in [2.24, 2.45) is 5.41 Å². The Morgan fingerprint density at radius 3 is 2.70 bits per heavy atom. The van der Waals surface area contributed by atoms with Crippen LogP contribution in [0.25, 0.3) is 0 Å². The predicted octanol–water partition coefficient (Wildman–Crippen LogP) is 3.03. The van der Waals surface area contributed by atoms with Crippen LogP contribution in [0.3, 0.4) is 0 Å². The molecule has 1 spiro atoms. The SMILES string of the molecule is COCCOc1ccccc1C1CCN(C2CCC3(C2)CN(c2nnc(C(=O)O)o2)C3)CC1. The van der Waals surface area contributed by atoms with E-state index in [9.17, 15) is 4.79 Å². The number of piperidine rings is 1. The van der Waals surface area contributed by atoms with Crippen LogP contribution in [0.5, 0.6) is 5.75 Å². The van der Waals surface area contributed by atoms with E-state index in [0.29, 0.717) is 36.6 Å². The topological polar surface area (TPSA) is 101 Å². The summed E-state index contributed by atoms with van der Waals surface area (Å²) in [5.41, 5.74) is 1.62. The number of benzene rings is 1. The van der Waals surface area contributed by atoms with Crippen LogP contribution in [0.2, 0.25) is 0 Å². The van der Waals surface area contributed by atoms with E-state index < -0.39 is 5.97 Å². The third-order valence-electron chi connectivity index (χ3n) is 7.55. The summed E-state index contributed by atoms with van der Waals surface area (Å²) in [4.78, 5) is 15.7. The van der Waals surface area contributed by atoms with Crippen LogP contribution < -0.4 is 9.64 Å². The van der Waals surface area contributed by atoms with Crippen molar-refractivity contribution in [3.63, 3.8) is 0 Å². The highest BCUT2D eigenvalue weighted by molar-refractivity contribution is 5.82. The maximum Gasteiger partial charge on any atom is 0.393 e. The van der Waals surface area contributed by atoms with Gasteiger partial charge in [0.05, 0.1) is 6.61 Å². The average Bonchev–Trinajstić information content (AvgIpc) is 3.47. The van der Waals surface area contributed by atoms with Crippen LogP contribution in [0.15, 0.2) is 28.7 Å². The molecule has 1 atom stereocenters. The summed E-state index contributed by atoms with van der Waals surface area (Å²) < 4.78 is 16.4. The molecule has 178 valence electrons. The highest BCUT2D eigenvalue weighted by atomic mass is 16.5. The van der Waals surface area contributed by atoms with Crippen LogP contribution in [-0.4, -0.2) is 78.7 Å². The molecule has 5 rings (SSSR count). The molecular formula is C24H32N4O5. The maximum absolute atomic E-state index is 11.0. The fourth-order valence-corrected chi connectivity index (χ4v) is 5.86. The van der Waals surface area contributed by atoms with Gasteiger partial charge in [0.15, 0.2) is 0 Å². The molecule has 3 aliphatic rings. The number of carboxylic acid groups (broad SMARTS) is 1. The molecule has 2 saturated heterocycles. The zero-order valence-corrected chi connectivity index (χ0v) is 19.1. The molecule has 2 aliphatic heterocycles. The minimum atomic E-state index is -1.18. The molecule has 0 bridgehead atoms. The Kier molecular flexibility index (Phi) is 6.25. The molecule has 1 saturated carbocycles. The molecule has 1 aromatic heterocycles. The Balaban J connectivity index is 1.12. The van der Waals surface area contributed by atoms with Crippen molar-refractivity contribution in [1.29, 1.82) is 0 Å². The molecule has 0 radical (unpaired) electrons. The highest BCUT2D eigenvalue weighted by Gasteiger charge is 2.50. The zero-order chi connectivity index (χ0) is 22.8. The van der Waals surface area contributed by atoms with E-state index in [1.807, 2.05) is 11.0 Å². The Labute approximate surface area is 193 Å². The van der Waals surface area contributed by atoms with E-state index in [-0.39, 0.29) is 5.89 Å². The molecule has 1 unspecified atom stereocenters. The Bertz CT molecular complexity index is 965. The molecule has 2 aromatic rings. The van der Waals surface area contributed by atoms with Crippen LogP contribution in [0.1, 0.15) is 54.3 Å². The fourth-order valence-electron chi connectivity index (χ4n) is 5.86. The fraction of sp³-hybridized carbons (Fsp3) is 0.625. The number of anilines is 1. The second kappa shape index (κ2) is 9.30. The summed E-state index contributed by atoms with van der Waals surface area (Å²) in [7, 11) is 1.69. The lowest BCUT2D eigenvalue weighted by molar-refractivity contribution is 0.0653. The standard InChI is InChI=1S/C24H32N4O5/c1-31-12-13-32-20-5-3-2-4-19(20)17-7-10-27(11-8-17)18-6-9-24(14-18)15-28(16-24)23-26-25-21(33-23)22(29)30/h2-5,17-18H,6-16H2,1H3,(H,29,30). The average molecular weight is 457 g/mol. The Hall–Kier alpha value is -2.65. The van der Waals surface area contributed by atoms with Crippen LogP contribution in [0, 0.1) is 5.41 Å². The molecule has 0 amide bonds. The molecule has 3 heterocycles. The van der Waals surface area contributed by atoms with Gasteiger partial charge in [-0.15, -0.1) is 0 Å². The first-order valence-corrected chi connectivity index (χ1v) is 11.8. The second-order valence-corrected chi connectivity index (χ2v) is 9.64. The number of aromatic carboxylic acids is 1. The lowest BCUT2D eigenvalue weighted by Crippen LogP contribution is -2.56. The van der Waals surface area contributed by atoms with Gasteiger partial charge in [-0.25, -0.2) is 4.79 Å². The quantitative estimate of drug-likeness (QED) is 0.601. The van der Waals surface area contributed by atoms with E-state index >= 15 is 0 Å². The van der Waals surface area contributed by atoms with Gasteiger partial charge in [-0.05, 0) is 62.7 Å². The monoisotopic (exact) mass is 456 g/mol. The number of para-hydroxylation sites is 1. The molecule has 1 N–H and O–H groups in total. The summed E-state index contributed by atoms with van der Waals surface area (Å²) in [6, 6.07) is 9.38. The summed E-state index contributed by atoms with van der Waals surface area (Å²) in [5.74, 6) is 0.00578. The molecule has 9 heteroatoms. The summed E-state index contributed by atoms with van der Waals surface area (Å²) >= 11 is 0. The number of ether oxygens (including phenoxy) is 2. The molecule has 33 heavy (non-hydrogen) atoms. The number of carbonyl (C=O) groups is 1. The van der Waals surface area contributed by atoms with Crippen molar-refractivity contribution < 1.29 is 23.8 Å². The van der Waals surface area contributed by atoms with Crippen molar-refractivity contribution in [1.82, 2.24) is 15.1 Å². The van der Waals surface area contributed by atoms with Gasteiger partial charge in [0.1, 0.15) is 12.4 Å². The highest BCUT2D eigenvalue weighted by Crippen LogP contribution is 2.49. The normalized spacial score (nSPS) is 23.1. The van der Waals surface area contributed by atoms with Crippen molar-refractivity contribution in [2.75, 3.05) is 51.4 Å². The molecular weight excluding hydrogens is 424 g/mol. The third-order valence-corrected chi connectivity index (χ3v) is 7.55. The van der Waals surface area contributed by atoms with Crippen molar-refractivity contribution >= 4 is 12.0 Å². The van der Waals surface area contributed by atoms with E-state index in [0.717, 1.165) is 44.8 Å². The maximum atomic E-state index is 11.0. The van der Waals surface area contributed by atoms with Crippen molar-refractivity contribution in [3.8, 4) is 5.75 Å². The first-order chi connectivity index (χ1) is 16.1. The van der Waals surface area contributed by atoms with Crippen LogP contribution in [-0.2, 0) is 4.74 Å². The number of rotatable bonds is 8. The first kappa shape index (κ1) is 22.2. The van der Waals surface area contributed by atoms with Gasteiger partial charge in [0.25, 0.3) is 0 Å². The Morgan fingerprint density at radius 1 is 1.18 bits per heavy atom. The molecule has 9 nitrogen and oxygen atoms in total. The molecule has 3 fully saturated rings. The minimum absolute atomic E-state index is 0.293. The van der Waals surface area contributed by atoms with Gasteiger partial charge >= 0.3 is 17.9 Å². The van der Waals surface area contributed by atoms with Crippen molar-refractivity contribution in [2.45, 2.75) is 44.1 Å². The number of methoxy groups -OCH3 is 1. The number of hydrogen-bond acceptors (Lipinski definition) is 8. The Morgan fingerprint density at radius 2 is 1.97 bits per heavy atom. The van der Waals surface area contributed by atoms with Crippen molar-refractivity contribution in [3.05, 3.63) is 35.7 Å². The van der Waals surface area contributed by atoms with Gasteiger partial charge in [0.2, 0.25) is 0 Å². The van der Waals surface area contributed by atoms with Gasteiger partial charge in [-0.1, -0.05) is 28.4 Å². The first-order valence-electron chi connectivity index (χ1n) is 11.8. The number of nitrogens with zero attached hydrogens (tertiary/aromatic N) is 4. The minimum Gasteiger partial charge on any atom is -0.491 e. The number of aromatic nitrogens is 2. The summed E-state index contributed by atoms with van der Waals surface area (Å²) in [5, 5.41) is 16.5. The predicted molar refractivity (Wildman–Crippen MR) is 121 cm³/mol. The van der Waals surface area contributed by atoms with E-state index in [1.165, 1.54) is 24.8 Å². The number of likely N-dealkylation sites (tertiary alicyclic amines) is 1. The van der Waals surface area contributed by atoms with Gasteiger partial charge < -0.3 is 28.8 Å². The third kappa shape index (κ3) is 4.56. The second-order valence-electron chi connectivity index (χ2n) is 9.64. The smallest absolute Gasteiger partial charge is 0.393 e. The summed E-state index contributed by atoms with van der Waals surface area (Å²) in [6.07, 6.45) is 5.91. The van der Waals surface area contributed by atoms with Gasteiger partial charge in [-0.3, -0.25) is 0 Å². The van der Waals surface area contributed by atoms with Crippen LogP contribution in [0.4, 0.5) is 6.01 Å². The van der Waals surface area contributed by atoms with E-state index in [2.05, 4.69) is 33.3 Å². The van der Waals surface area contributed by atoms with E-state index in [1.54, 1.807) is 7.11 Å². The molecule has 1 aromatic carbocycles.